The van der Waals surface area contributed by atoms with Crippen LogP contribution in [0.4, 0.5) is 11.4 Å². The van der Waals surface area contributed by atoms with Crippen molar-refractivity contribution in [1.82, 2.24) is 0 Å². The van der Waals surface area contributed by atoms with Gasteiger partial charge in [0, 0.05) is 30.5 Å². The van der Waals surface area contributed by atoms with E-state index in [2.05, 4.69) is 5.32 Å². The topological polar surface area (TPSA) is 104 Å². The number of likely N-dealkylation sites (tertiary alicyclic amines) is 1. The van der Waals surface area contributed by atoms with Gasteiger partial charge in [0.15, 0.2) is 18.0 Å². The number of carbonyl (C=O) groups excluding carboxylic acids is 1. The van der Waals surface area contributed by atoms with Crippen LogP contribution in [-0.4, -0.2) is 44.2 Å². The Morgan fingerprint density at radius 3 is 2.80 bits per heavy atom. The van der Waals surface area contributed by atoms with Crippen molar-refractivity contribution in [3.63, 3.8) is 0 Å². The number of methoxy groups -OCH3 is 1. The number of quaternary nitrogens is 1. The van der Waals surface area contributed by atoms with Crippen molar-refractivity contribution in [2.45, 2.75) is 18.9 Å². The molecule has 1 saturated heterocycles. The molecule has 2 aliphatic heterocycles. The minimum atomic E-state index is -0.501. The molecule has 4 rings (SSSR count). The van der Waals surface area contributed by atoms with Crippen LogP contribution < -0.4 is 24.4 Å². The van der Waals surface area contributed by atoms with Gasteiger partial charge in [0.1, 0.15) is 25.0 Å². The average Bonchev–Trinajstić information content (AvgIpc) is 3.21. The van der Waals surface area contributed by atoms with E-state index in [-0.39, 0.29) is 24.2 Å². The fraction of sp³-hybridized carbons (Fsp3) is 0.381. The van der Waals surface area contributed by atoms with E-state index in [0.717, 1.165) is 41.3 Å². The summed E-state index contributed by atoms with van der Waals surface area (Å²) >= 11 is 0. The second kappa shape index (κ2) is 8.58. The van der Waals surface area contributed by atoms with Gasteiger partial charge in [0.25, 0.3) is 11.6 Å². The summed E-state index contributed by atoms with van der Waals surface area (Å²) < 4.78 is 16.5. The number of fused-ring (bicyclic) bond motifs is 1. The molecule has 1 unspecified atom stereocenters. The number of benzene rings is 2. The molecule has 0 bridgehead atoms. The monoisotopic (exact) mass is 414 g/mol. The maximum Gasteiger partial charge on any atom is 0.279 e. The zero-order chi connectivity index (χ0) is 21.1. The smallest absolute Gasteiger partial charge is 0.279 e. The van der Waals surface area contributed by atoms with Gasteiger partial charge in [-0.3, -0.25) is 14.9 Å². The van der Waals surface area contributed by atoms with Crippen molar-refractivity contribution < 1.29 is 28.8 Å². The SMILES string of the molecule is COc1ccc([N+](=O)[O-])cc1NC(=O)C[NH+]1CCC[C@@H]1c1ccc2c(c1)OCCO2. The van der Waals surface area contributed by atoms with Gasteiger partial charge in [-0.05, 0) is 24.3 Å². The first-order chi connectivity index (χ1) is 14.5. The molecule has 30 heavy (non-hydrogen) atoms. The molecule has 9 heteroatoms. The number of carbonyl (C=O) groups is 1. The zero-order valence-electron chi connectivity index (χ0n) is 16.7. The third-order valence-electron chi connectivity index (χ3n) is 5.51. The summed E-state index contributed by atoms with van der Waals surface area (Å²) in [6.07, 6.45) is 1.99. The second-order valence-electron chi connectivity index (χ2n) is 7.37. The van der Waals surface area contributed by atoms with Gasteiger partial charge in [-0.15, -0.1) is 0 Å². The number of nitro benzene ring substituents is 1. The average molecular weight is 414 g/mol. The summed E-state index contributed by atoms with van der Waals surface area (Å²) in [5.74, 6) is 1.66. The van der Waals surface area contributed by atoms with Crippen LogP contribution in [-0.2, 0) is 4.79 Å². The zero-order valence-corrected chi connectivity index (χ0v) is 16.7. The normalized spacial score (nSPS) is 19.9. The number of anilines is 1. The Labute approximate surface area is 173 Å². The van der Waals surface area contributed by atoms with Crippen LogP contribution in [0.1, 0.15) is 24.4 Å². The molecule has 0 aliphatic carbocycles. The van der Waals surface area contributed by atoms with Crippen LogP contribution in [0.5, 0.6) is 17.2 Å². The third-order valence-corrected chi connectivity index (χ3v) is 5.51. The van der Waals surface area contributed by atoms with E-state index < -0.39 is 4.92 Å². The number of nitro groups is 1. The highest BCUT2D eigenvalue weighted by Crippen LogP contribution is 2.33. The Balaban J connectivity index is 1.47. The van der Waals surface area contributed by atoms with Crippen molar-refractivity contribution in [3.05, 3.63) is 52.1 Å². The largest absolute Gasteiger partial charge is 0.495 e. The third kappa shape index (κ3) is 4.16. The first-order valence-corrected chi connectivity index (χ1v) is 9.91. The Kier molecular flexibility index (Phi) is 5.71. The molecule has 2 aliphatic rings. The number of nitrogens with zero attached hydrogens (tertiary/aromatic N) is 1. The maximum atomic E-state index is 12.7. The van der Waals surface area contributed by atoms with Crippen LogP contribution in [0.25, 0.3) is 0 Å². The van der Waals surface area contributed by atoms with E-state index in [0.29, 0.717) is 24.7 Å². The van der Waals surface area contributed by atoms with Crippen molar-refractivity contribution >= 4 is 17.3 Å². The molecule has 1 fully saturated rings. The van der Waals surface area contributed by atoms with Crippen molar-refractivity contribution in [2.75, 3.05) is 38.7 Å². The minimum Gasteiger partial charge on any atom is -0.495 e. The van der Waals surface area contributed by atoms with E-state index in [1.807, 2.05) is 18.2 Å². The Morgan fingerprint density at radius 2 is 2.03 bits per heavy atom. The highest BCUT2D eigenvalue weighted by atomic mass is 16.6. The van der Waals surface area contributed by atoms with Crippen LogP contribution >= 0.6 is 0 Å². The van der Waals surface area contributed by atoms with Gasteiger partial charge in [0.05, 0.1) is 24.3 Å². The van der Waals surface area contributed by atoms with Crippen LogP contribution in [0.2, 0.25) is 0 Å². The van der Waals surface area contributed by atoms with E-state index in [4.69, 9.17) is 14.2 Å². The number of amides is 1. The Bertz CT molecular complexity index is 964. The lowest BCUT2D eigenvalue weighted by Crippen LogP contribution is -3.11. The number of ether oxygens (including phenoxy) is 3. The summed E-state index contributed by atoms with van der Waals surface area (Å²) in [7, 11) is 1.46. The summed E-state index contributed by atoms with van der Waals surface area (Å²) in [6.45, 7) is 2.21. The van der Waals surface area contributed by atoms with E-state index in [1.165, 1.54) is 25.3 Å². The summed E-state index contributed by atoms with van der Waals surface area (Å²) in [5.41, 5.74) is 1.31. The number of hydrogen-bond donors (Lipinski definition) is 2. The molecule has 0 radical (unpaired) electrons. The van der Waals surface area contributed by atoms with Crippen molar-refractivity contribution in [1.29, 1.82) is 0 Å². The van der Waals surface area contributed by atoms with Crippen molar-refractivity contribution in [3.8, 4) is 17.2 Å². The van der Waals surface area contributed by atoms with Gasteiger partial charge in [-0.1, -0.05) is 0 Å². The number of nitrogens with one attached hydrogen (secondary N) is 2. The molecule has 2 atom stereocenters. The first-order valence-electron chi connectivity index (χ1n) is 9.91. The molecular weight excluding hydrogens is 390 g/mol. The molecular formula is C21H24N3O6+. The lowest BCUT2D eigenvalue weighted by Gasteiger charge is -2.24. The van der Waals surface area contributed by atoms with Gasteiger partial charge in [-0.25, -0.2) is 0 Å². The number of non-ortho nitro benzene ring substituents is 1. The van der Waals surface area contributed by atoms with Gasteiger partial charge in [-0.2, -0.15) is 0 Å². The predicted octanol–water partition coefficient (Wildman–Crippen LogP) is 1.73. The molecule has 0 saturated carbocycles. The summed E-state index contributed by atoms with van der Waals surface area (Å²) in [5, 5.41) is 13.8. The quantitative estimate of drug-likeness (QED) is 0.551. The fourth-order valence-corrected chi connectivity index (χ4v) is 4.11. The summed E-state index contributed by atoms with van der Waals surface area (Å²) in [6, 6.07) is 10.3. The minimum absolute atomic E-state index is 0.103. The number of rotatable bonds is 6. The molecule has 2 N–H and O–H groups in total. The van der Waals surface area contributed by atoms with Crippen LogP contribution in [0.3, 0.4) is 0 Å². The number of hydrogen-bond acceptors (Lipinski definition) is 6. The Hall–Kier alpha value is -3.33. The van der Waals surface area contributed by atoms with Crippen LogP contribution in [0.15, 0.2) is 36.4 Å². The van der Waals surface area contributed by atoms with Gasteiger partial charge >= 0.3 is 0 Å². The molecule has 2 aromatic rings. The lowest BCUT2D eigenvalue weighted by atomic mass is 10.0. The van der Waals surface area contributed by atoms with Crippen LogP contribution in [0, 0.1) is 10.1 Å². The Morgan fingerprint density at radius 1 is 1.23 bits per heavy atom. The summed E-state index contributed by atoms with van der Waals surface area (Å²) in [4.78, 5) is 24.4. The highest BCUT2D eigenvalue weighted by Gasteiger charge is 2.32. The van der Waals surface area contributed by atoms with E-state index in [1.54, 1.807) is 0 Å². The molecule has 0 aromatic heterocycles. The van der Waals surface area contributed by atoms with Gasteiger partial charge in [0.2, 0.25) is 0 Å². The van der Waals surface area contributed by atoms with E-state index in [9.17, 15) is 14.9 Å². The molecule has 0 spiro atoms. The van der Waals surface area contributed by atoms with Gasteiger partial charge < -0.3 is 24.4 Å². The second-order valence-corrected chi connectivity index (χ2v) is 7.37. The molecule has 158 valence electrons. The van der Waals surface area contributed by atoms with E-state index >= 15 is 0 Å². The molecule has 1 amide bonds. The molecule has 2 heterocycles. The van der Waals surface area contributed by atoms with Crippen molar-refractivity contribution in [2.24, 2.45) is 0 Å². The highest BCUT2D eigenvalue weighted by molar-refractivity contribution is 5.93. The maximum absolute atomic E-state index is 12.7. The fourth-order valence-electron chi connectivity index (χ4n) is 4.11. The first kappa shape index (κ1) is 20.0. The standard InChI is InChI=1S/C21H23N3O6/c1-28-18-7-5-15(24(26)27)12-16(18)22-21(25)13-23-8-2-3-17(23)14-4-6-19-20(11-14)30-10-9-29-19/h4-7,11-12,17H,2-3,8-10,13H2,1H3,(H,22,25)/p+1/t17-/m1/s1. The lowest BCUT2D eigenvalue weighted by molar-refractivity contribution is -0.910. The predicted molar refractivity (Wildman–Crippen MR) is 108 cm³/mol. The molecule has 9 nitrogen and oxygen atoms in total. The molecule has 2 aromatic carbocycles.